The van der Waals surface area contributed by atoms with Crippen LogP contribution in [0.2, 0.25) is 0 Å². The molecule has 57 heavy (non-hydrogen) atoms. The number of fused-ring (bicyclic) bond motifs is 1. The van der Waals surface area contributed by atoms with Gasteiger partial charge in [0.2, 0.25) is 41.4 Å². The predicted octanol–water partition coefficient (Wildman–Crippen LogP) is -0.178. The van der Waals surface area contributed by atoms with Gasteiger partial charge in [-0.1, -0.05) is 72.6 Å². The van der Waals surface area contributed by atoms with Crippen molar-refractivity contribution < 1.29 is 53.4 Å². The maximum Gasteiger partial charge on any atom is 0.326 e. The van der Waals surface area contributed by atoms with Crippen LogP contribution < -0.4 is 37.6 Å². The van der Waals surface area contributed by atoms with Crippen LogP contribution in [0.25, 0.3) is 10.9 Å². The van der Waals surface area contributed by atoms with Gasteiger partial charge in [-0.15, -0.1) is 0 Å². The lowest BCUT2D eigenvalue weighted by Gasteiger charge is -2.30. The van der Waals surface area contributed by atoms with Gasteiger partial charge in [-0.25, -0.2) is 4.79 Å². The minimum Gasteiger partial charge on any atom is -0.481 e. The fraction of sp³-hybridized carbons (Fsp3) is 0.553. The molecular weight excluding hydrogens is 744 g/mol. The third-order valence-electron chi connectivity index (χ3n) is 9.66. The molecule has 11 N–H and O–H groups in total. The number of aromatic nitrogens is 1. The summed E-state index contributed by atoms with van der Waals surface area (Å²) >= 11 is 0. The number of hydrogen-bond donors (Lipinski definition) is 10. The molecule has 0 aliphatic heterocycles. The van der Waals surface area contributed by atoms with E-state index < -0.39 is 114 Å². The summed E-state index contributed by atoms with van der Waals surface area (Å²) in [5.74, 6) is -10.4. The Hall–Kier alpha value is -6.01. The topological polar surface area (TPSA) is 308 Å². The number of hydrogen-bond acceptors (Lipinski definition) is 9. The second-order valence-electron chi connectivity index (χ2n) is 14.5. The van der Waals surface area contributed by atoms with Crippen LogP contribution >= 0.6 is 0 Å². The summed E-state index contributed by atoms with van der Waals surface area (Å²) in [4.78, 5) is 118. The Bertz CT molecular complexity index is 1790. The predicted molar refractivity (Wildman–Crippen MR) is 207 cm³/mol. The van der Waals surface area contributed by atoms with Crippen molar-refractivity contribution in [2.45, 2.75) is 117 Å². The van der Waals surface area contributed by atoms with E-state index in [1.165, 1.54) is 20.8 Å². The average Bonchev–Trinajstić information content (AvgIpc) is 3.54. The number of aromatic amines is 1. The number of primary amides is 1. The van der Waals surface area contributed by atoms with E-state index in [9.17, 15) is 53.4 Å². The lowest BCUT2D eigenvalue weighted by molar-refractivity contribution is -0.144. The van der Waals surface area contributed by atoms with Gasteiger partial charge < -0.3 is 52.8 Å². The molecule has 0 saturated carbocycles. The van der Waals surface area contributed by atoms with Crippen LogP contribution in [0.4, 0.5) is 0 Å². The normalized spacial score (nSPS) is 15.4. The monoisotopic (exact) mass is 800 g/mol. The number of nitrogens with one attached hydrogen (secondary N) is 7. The first-order valence-corrected chi connectivity index (χ1v) is 18.8. The maximum atomic E-state index is 14.1. The molecular formula is C38H56N8O11. The molecule has 2 aromatic rings. The van der Waals surface area contributed by atoms with Crippen molar-refractivity contribution in [3.05, 3.63) is 36.0 Å². The summed E-state index contributed by atoms with van der Waals surface area (Å²) in [6, 6.07) is -1.40. The van der Waals surface area contributed by atoms with E-state index in [-0.39, 0.29) is 12.3 Å². The van der Waals surface area contributed by atoms with Crippen LogP contribution in [0, 0.1) is 17.8 Å². The first-order chi connectivity index (χ1) is 26.7. The van der Waals surface area contributed by atoms with Crippen molar-refractivity contribution >= 4 is 64.2 Å². The largest absolute Gasteiger partial charge is 0.481 e. The third-order valence-corrected chi connectivity index (χ3v) is 9.66. The molecule has 0 radical (unpaired) electrons. The Morgan fingerprint density at radius 2 is 1.14 bits per heavy atom. The smallest absolute Gasteiger partial charge is 0.326 e. The molecule has 0 spiro atoms. The molecule has 0 aliphatic rings. The number of carboxylic acid groups (broad SMARTS) is 2. The van der Waals surface area contributed by atoms with E-state index >= 15 is 0 Å². The molecule has 0 aliphatic carbocycles. The highest BCUT2D eigenvalue weighted by Crippen LogP contribution is 2.20. The lowest BCUT2D eigenvalue weighted by Crippen LogP contribution is -2.61. The van der Waals surface area contributed by atoms with E-state index in [4.69, 9.17) is 5.73 Å². The Labute approximate surface area is 330 Å². The number of benzene rings is 1. The summed E-state index contributed by atoms with van der Waals surface area (Å²) in [7, 11) is 0. The zero-order valence-corrected chi connectivity index (χ0v) is 33.3. The van der Waals surface area contributed by atoms with Gasteiger partial charge in [-0.05, 0) is 29.4 Å². The van der Waals surface area contributed by atoms with Gasteiger partial charge >= 0.3 is 11.9 Å². The molecule has 7 amide bonds. The fourth-order valence-electron chi connectivity index (χ4n) is 5.96. The van der Waals surface area contributed by atoms with Gasteiger partial charge in [0.05, 0.1) is 12.8 Å². The van der Waals surface area contributed by atoms with Crippen LogP contribution in [0.1, 0.15) is 79.7 Å². The molecule has 1 heterocycles. The minimum absolute atomic E-state index is 0.154. The number of carbonyl (C=O) groups excluding carboxylic acids is 7. The fourth-order valence-corrected chi connectivity index (χ4v) is 5.96. The van der Waals surface area contributed by atoms with Crippen LogP contribution in [0.5, 0.6) is 0 Å². The maximum absolute atomic E-state index is 14.1. The van der Waals surface area contributed by atoms with Crippen LogP contribution in [0.15, 0.2) is 30.5 Å². The molecule has 19 nitrogen and oxygen atoms in total. The van der Waals surface area contributed by atoms with Crippen LogP contribution in [-0.2, 0) is 49.6 Å². The Morgan fingerprint density at radius 3 is 1.67 bits per heavy atom. The molecule has 1 aromatic carbocycles. The molecule has 2 rings (SSSR count). The van der Waals surface area contributed by atoms with Gasteiger partial charge in [0.1, 0.15) is 36.3 Å². The van der Waals surface area contributed by atoms with Crippen molar-refractivity contribution in [3.63, 3.8) is 0 Å². The van der Waals surface area contributed by atoms with Crippen LogP contribution in [0.3, 0.4) is 0 Å². The molecule has 19 heteroatoms. The van der Waals surface area contributed by atoms with E-state index in [1.54, 1.807) is 51.2 Å². The number of nitrogens with two attached hydrogens (primary N) is 1. The number of para-hydroxylation sites is 1. The number of aliphatic carboxylic acids is 2. The Kier molecular flexibility index (Phi) is 18.1. The van der Waals surface area contributed by atoms with Crippen molar-refractivity contribution in [2.24, 2.45) is 23.5 Å². The quantitative estimate of drug-likeness (QED) is 0.0703. The van der Waals surface area contributed by atoms with Gasteiger partial charge in [-0.3, -0.25) is 38.4 Å². The average molecular weight is 801 g/mol. The number of carbonyl (C=O) groups is 9. The summed E-state index contributed by atoms with van der Waals surface area (Å²) in [6.07, 6.45) is 0.744. The summed E-state index contributed by atoms with van der Waals surface area (Å²) in [5, 5.41) is 34.8. The molecule has 8 atom stereocenters. The highest BCUT2D eigenvalue weighted by molar-refractivity contribution is 5.98. The first-order valence-electron chi connectivity index (χ1n) is 18.8. The zero-order valence-electron chi connectivity index (χ0n) is 33.3. The van der Waals surface area contributed by atoms with Gasteiger partial charge in [0, 0.05) is 30.4 Å². The molecule has 0 fully saturated rings. The van der Waals surface area contributed by atoms with Gasteiger partial charge in [0.25, 0.3) is 0 Å². The van der Waals surface area contributed by atoms with Crippen molar-refractivity contribution in [3.8, 4) is 0 Å². The van der Waals surface area contributed by atoms with E-state index in [0.717, 1.165) is 5.52 Å². The zero-order chi connectivity index (χ0) is 43.1. The van der Waals surface area contributed by atoms with E-state index in [2.05, 4.69) is 36.9 Å². The van der Waals surface area contributed by atoms with Crippen LogP contribution in [-0.4, -0.2) is 105 Å². The standard InChI is InChI=1S/C38H56N8O11/c1-8-19(5)31(41-21(7)47)37(55)46-32(20(6)9-2)36(54)43-25(14-22-17-40-24-13-11-10-12-23(22)24)33(51)42-26(16-29(49)50)34(52)45-30(18(3)4)35(53)44-27(38(56)57)15-28(39)48/h10-13,17-20,25-27,30-32,40H,8-9,14-16H2,1-7H3,(H2,39,48)(H,41,47)(H,42,51)(H,43,54)(H,44,53)(H,45,52)(H,46,55)(H,49,50)(H,56,57)/t19-,20-,25-,26-,27-,30-,31-,32-/m0/s1. The minimum atomic E-state index is -1.80. The lowest BCUT2D eigenvalue weighted by atomic mass is 9.94. The highest BCUT2D eigenvalue weighted by Gasteiger charge is 2.37. The Morgan fingerprint density at radius 1 is 0.649 bits per heavy atom. The molecule has 0 bridgehead atoms. The Balaban J connectivity index is 2.49. The molecule has 1 aromatic heterocycles. The SMILES string of the molecule is CC[C@H](C)[C@H](NC(C)=O)C(=O)N[C@H](C(=O)N[C@@H](Cc1c[nH]c2ccccc12)C(=O)N[C@@H](CC(=O)O)C(=O)N[C@H](C(=O)N[C@@H](CC(N)=O)C(=O)O)C(C)C)[C@@H](C)CC. The number of amides is 7. The first kappa shape index (κ1) is 47.1. The summed E-state index contributed by atoms with van der Waals surface area (Å²) in [6.45, 7) is 11.4. The van der Waals surface area contributed by atoms with Gasteiger partial charge in [0.15, 0.2) is 0 Å². The molecule has 0 unspecified atom stereocenters. The highest BCUT2D eigenvalue weighted by atomic mass is 16.4. The van der Waals surface area contributed by atoms with Crippen molar-refractivity contribution in [1.82, 2.24) is 36.9 Å². The third kappa shape index (κ3) is 14.2. The molecule has 314 valence electrons. The number of carboxylic acids is 2. The number of rotatable bonds is 23. The second kappa shape index (κ2) is 21.9. The van der Waals surface area contributed by atoms with Gasteiger partial charge in [-0.2, -0.15) is 0 Å². The van der Waals surface area contributed by atoms with E-state index in [1.807, 2.05) is 6.92 Å². The summed E-state index contributed by atoms with van der Waals surface area (Å²) in [5.41, 5.74) is 6.41. The number of H-pyrrole nitrogens is 1. The van der Waals surface area contributed by atoms with Crippen molar-refractivity contribution in [2.75, 3.05) is 0 Å². The molecule has 0 saturated heterocycles. The van der Waals surface area contributed by atoms with Crippen molar-refractivity contribution in [1.29, 1.82) is 0 Å². The van der Waals surface area contributed by atoms with E-state index in [0.29, 0.717) is 23.8 Å². The summed E-state index contributed by atoms with van der Waals surface area (Å²) < 4.78 is 0. The second-order valence-corrected chi connectivity index (χ2v) is 14.5.